The fraction of sp³-hybridized carbons (Fsp3) is 0.250. The van der Waals surface area contributed by atoms with E-state index in [1.54, 1.807) is 41.3 Å². The molecule has 42 heavy (non-hydrogen) atoms. The summed E-state index contributed by atoms with van der Waals surface area (Å²) in [4.78, 5) is 27.6. The van der Waals surface area contributed by atoms with Crippen LogP contribution in [0.4, 0.5) is 10.8 Å². The lowest BCUT2D eigenvalue weighted by atomic mass is 9.76. The number of ketones is 1. The highest BCUT2D eigenvalue weighted by molar-refractivity contribution is 8.01. The first-order chi connectivity index (χ1) is 20.3. The number of ether oxygens (including phenoxy) is 2. The molecular formula is C28H24Cl2N6O4S2. The molecule has 5 rings (SSSR count). The van der Waals surface area contributed by atoms with Crippen LogP contribution in [0.15, 0.2) is 63.4 Å². The third-order valence-electron chi connectivity index (χ3n) is 6.79. The van der Waals surface area contributed by atoms with Crippen molar-refractivity contribution in [3.8, 4) is 17.6 Å². The van der Waals surface area contributed by atoms with Gasteiger partial charge in [0, 0.05) is 29.4 Å². The maximum Gasteiger partial charge on any atom is 0.234 e. The number of nitrogens with one attached hydrogen (secondary N) is 1. The average molecular weight is 644 g/mol. The molecule has 1 atom stereocenters. The maximum absolute atomic E-state index is 13.3. The van der Waals surface area contributed by atoms with E-state index in [0.29, 0.717) is 67.8 Å². The van der Waals surface area contributed by atoms with Gasteiger partial charge in [0.2, 0.25) is 11.0 Å². The van der Waals surface area contributed by atoms with Gasteiger partial charge in [0.15, 0.2) is 21.6 Å². The molecule has 1 unspecified atom stereocenters. The van der Waals surface area contributed by atoms with E-state index >= 15 is 0 Å². The summed E-state index contributed by atoms with van der Waals surface area (Å²) in [6.07, 6.45) is 1.51. The van der Waals surface area contributed by atoms with E-state index in [9.17, 15) is 14.9 Å². The number of halogens is 2. The summed E-state index contributed by atoms with van der Waals surface area (Å²) in [5, 5.41) is 22.5. The van der Waals surface area contributed by atoms with Crippen LogP contribution in [0.25, 0.3) is 0 Å². The summed E-state index contributed by atoms with van der Waals surface area (Å²) in [6, 6.07) is 12.4. The highest BCUT2D eigenvalue weighted by Crippen LogP contribution is 2.49. The monoisotopic (exact) mass is 642 g/mol. The predicted octanol–water partition coefficient (Wildman–Crippen LogP) is 5.90. The van der Waals surface area contributed by atoms with Crippen molar-refractivity contribution in [3.63, 3.8) is 0 Å². The SMILES string of the molecule is COc1ccc(NC(=O)CSc2nnc(N3C(N)=C(C#N)C(c4cccc(Cl)c4Cl)C4=C3CCCC4=O)s2)cc1OC. The summed E-state index contributed by atoms with van der Waals surface area (Å²) in [6.45, 7) is 0. The topological polar surface area (TPSA) is 143 Å². The summed E-state index contributed by atoms with van der Waals surface area (Å²) >= 11 is 15.3. The number of methoxy groups -OCH3 is 2. The molecule has 0 saturated heterocycles. The third-order valence-corrected chi connectivity index (χ3v) is 9.66. The molecule has 2 aromatic carbocycles. The van der Waals surface area contributed by atoms with Gasteiger partial charge in [-0.1, -0.05) is 58.4 Å². The van der Waals surface area contributed by atoms with E-state index in [1.807, 2.05) is 0 Å². The quantitative estimate of drug-likeness (QED) is 0.285. The van der Waals surface area contributed by atoms with Crippen molar-refractivity contribution < 1.29 is 19.1 Å². The average Bonchev–Trinajstić information content (AvgIpc) is 3.45. The Morgan fingerprint density at radius 3 is 2.74 bits per heavy atom. The number of hydrogen-bond donors (Lipinski definition) is 2. The molecule has 1 aliphatic heterocycles. The van der Waals surface area contributed by atoms with Gasteiger partial charge in [-0.15, -0.1) is 10.2 Å². The predicted molar refractivity (Wildman–Crippen MR) is 163 cm³/mol. The number of benzene rings is 2. The van der Waals surface area contributed by atoms with Crippen LogP contribution in [-0.4, -0.2) is 41.9 Å². The molecule has 1 aromatic heterocycles. The Labute approximate surface area is 260 Å². The normalized spacial score (nSPS) is 16.7. The van der Waals surface area contributed by atoms with Gasteiger partial charge in [-0.3, -0.25) is 14.5 Å². The summed E-state index contributed by atoms with van der Waals surface area (Å²) in [7, 11) is 3.05. The van der Waals surface area contributed by atoms with Crippen LogP contribution in [-0.2, 0) is 9.59 Å². The van der Waals surface area contributed by atoms with Crippen molar-refractivity contribution in [2.75, 3.05) is 30.2 Å². The molecular weight excluding hydrogens is 619 g/mol. The standard InChI is InChI=1S/C28H24Cl2N6O4S2/c1-39-20-10-9-14(11-21(20)40-2)33-22(38)13-41-28-35-34-27(42-28)36-18-7-4-8-19(37)24(18)23(16(12-31)26(36)32)15-5-3-6-17(29)25(15)30/h3,5-6,9-11,23H,4,7-8,13,32H2,1-2H3,(H,33,38). The van der Waals surface area contributed by atoms with Crippen LogP contribution in [0, 0.1) is 11.3 Å². The second-order valence-electron chi connectivity index (χ2n) is 9.22. The van der Waals surface area contributed by atoms with Gasteiger partial charge in [-0.05, 0) is 36.6 Å². The Balaban J connectivity index is 1.40. The Morgan fingerprint density at radius 1 is 1.21 bits per heavy atom. The highest BCUT2D eigenvalue weighted by atomic mass is 35.5. The van der Waals surface area contributed by atoms with Gasteiger partial charge in [-0.2, -0.15) is 5.26 Å². The molecule has 3 N–H and O–H groups in total. The number of nitrogens with zero attached hydrogens (tertiary/aromatic N) is 4. The first-order valence-corrected chi connectivity index (χ1v) is 15.2. The lowest BCUT2D eigenvalue weighted by molar-refractivity contribution is -0.116. The van der Waals surface area contributed by atoms with Gasteiger partial charge in [0.05, 0.1) is 47.6 Å². The summed E-state index contributed by atoms with van der Waals surface area (Å²) in [5.74, 6) is 0.172. The number of thioether (sulfide) groups is 1. The first-order valence-electron chi connectivity index (χ1n) is 12.7. The van der Waals surface area contributed by atoms with Crippen LogP contribution < -0.4 is 25.4 Å². The zero-order valence-electron chi connectivity index (χ0n) is 22.4. The number of amides is 1. The Hall–Kier alpha value is -3.76. The molecule has 14 heteroatoms. The molecule has 0 saturated carbocycles. The molecule has 2 aliphatic rings. The van der Waals surface area contributed by atoms with E-state index in [2.05, 4.69) is 21.6 Å². The minimum atomic E-state index is -0.748. The Bertz CT molecular complexity index is 1680. The molecule has 0 fully saturated rings. The van der Waals surface area contributed by atoms with Crippen molar-refractivity contribution in [2.24, 2.45) is 5.73 Å². The lowest BCUT2D eigenvalue weighted by Gasteiger charge is -2.38. The van der Waals surface area contributed by atoms with Crippen LogP contribution in [0.3, 0.4) is 0 Å². The Kier molecular flexibility index (Phi) is 8.93. The van der Waals surface area contributed by atoms with E-state index in [4.69, 9.17) is 38.4 Å². The van der Waals surface area contributed by atoms with Crippen molar-refractivity contribution in [2.45, 2.75) is 29.5 Å². The fourth-order valence-electron chi connectivity index (χ4n) is 4.95. The van der Waals surface area contributed by atoms with Crippen LogP contribution in [0.2, 0.25) is 10.0 Å². The highest BCUT2D eigenvalue weighted by Gasteiger charge is 2.42. The van der Waals surface area contributed by atoms with E-state index in [0.717, 1.165) is 0 Å². The number of nitrogens with two attached hydrogens (primary N) is 1. The molecule has 216 valence electrons. The van der Waals surface area contributed by atoms with Crippen LogP contribution in [0.1, 0.15) is 30.7 Å². The number of anilines is 2. The summed E-state index contributed by atoms with van der Waals surface area (Å²) < 4.78 is 11.0. The van der Waals surface area contributed by atoms with Gasteiger partial charge < -0.3 is 20.5 Å². The first kappa shape index (κ1) is 29.7. The molecule has 10 nitrogen and oxygen atoms in total. The second kappa shape index (κ2) is 12.6. The van der Waals surface area contributed by atoms with Crippen molar-refractivity contribution in [1.29, 1.82) is 5.26 Å². The molecule has 3 aromatic rings. The number of rotatable bonds is 8. The molecule has 1 aliphatic carbocycles. The van der Waals surface area contributed by atoms with Crippen LogP contribution >= 0.6 is 46.3 Å². The van der Waals surface area contributed by atoms with Crippen LogP contribution in [0.5, 0.6) is 11.5 Å². The number of aromatic nitrogens is 2. The van der Waals surface area contributed by atoms with Gasteiger partial charge >= 0.3 is 0 Å². The second-order valence-corrected chi connectivity index (χ2v) is 12.2. The number of carbonyl (C=O) groups is 2. The van der Waals surface area contributed by atoms with Gasteiger partial charge in [0.1, 0.15) is 5.82 Å². The number of hydrogen-bond acceptors (Lipinski definition) is 11. The Morgan fingerprint density at radius 2 is 2.00 bits per heavy atom. The maximum atomic E-state index is 13.3. The minimum Gasteiger partial charge on any atom is -0.493 e. The van der Waals surface area contributed by atoms with Crippen molar-refractivity contribution >= 4 is 68.8 Å². The minimum absolute atomic E-state index is 0.0690. The smallest absolute Gasteiger partial charge is 0.234 e. The molecule has 2 heterocycles. The zero-order chi connectivity index (χ0) is 30.0. The summed E-state index contributed by atoms with van der Waals surface area (Å²) in [5.41, 5.74) is 8.99. The number of carbonyl (C=O) groups excluding carboxylic acids is 2. The van der Waals surface area contributed by atoms with Gasteiger partial charge in [-0.25, -0.2) is 0 Å². The van der Waals surface area contributed by atoms with E-state index in [-0.39, 0.29) is 33.9 Å². The largest absolute Gasteiger partial charge is 0.493 e. The zero-order valence-corrected chi connectivity index (χ0v) is 25.6. The third kappa shape index (κ3) is 5.65. The molecule has 0 radical (unpaired) electrons. The van der Waals surface area contributed by atoms with E-state index in [1.165, 1.54) is 37.3 Å². The van der Waals surface area contributed by atoms with Crippen molar-refractivity contribution in [3.05, 3.63) is 74.7 Å². The molecule has 0 spiro atoms. The molecule has 0 bridgehead atoms. The molecule has 1 amide bonds. The van der Waals surface area contributed by atoms with Gasteiger partial charge in [0.25, 0.3) is 0 Å². The lowest BCUT2D eigenvalue weighted by Crippen LogP contribution is -2.38. The van der Waals surface area contributed by atoms with Crippen molar-refractivity contribution in [1.82, 2.24) is 10.2 Å². The number of allylic oxidation sites excluding steroid dienone is 3. The number of Topliss-reactive ketones (excluding diaryl/α,β-unsaturated/α-hetero) is 1. The van der Waals surface area contributed by atoms with E-state index < -0.39 is 5.92 Å². The number of nitriles is 1. The fourth-order valence-corrected chi connectivity index (χ4v) is 7.05.